The zero-order valence-corrected chi connectivity index (χ0v) is 17.6. The van der Waals surface area contributed by atoms with Gasteiger partial charge in [-0.2, -0.15) is 0 Å². The third-order valence-electron chi connectivity index (χ3n) is 5.06. The summed E-state index contributed by atoms with van der Waals surface area (Å²) in [7, 11) is 4.07. The molecule has 6 nitrogen and oxygen atoms in total. The molecule has 0 saturated heterocycles. The molecule has 1 heterocycles. The van der Waals surface area contributed by atoms with E-state index in [2.05, 4.69) is 57.4 Å². The average molecular weight is 394 g/mol. The molecule has 1 aromatic heterocycles. The van der Waals surface area contributed by atoms with Crippen molar-refractivity contribution in [3.8, 4) is 0 Å². The van der Waals surface area contributed by atoms with Gasteiger partial charge in [-0.15, -0.1) is 0 Å². The Morgan fingerprint density at radius 3 is 2.45 bits per heavy atom. The second kappa shape index (κ2) is 9.96. The Labute approximate surface area is 172 Å². The summed E-state index contributed by atoms with van der Waals surface area (Å²) in [5, 5.41) is 5.87. The second-order valence-corrected chi connectivity index (χ2v) is 7.36. The summed E-state index contributed by atoms with van der Waals surface area (Å²) in [6, 6.07) is 16.6. The van der Waals surface area contributed by atoms with E-state index in [-0.39, 0.29) is 6.03 Å². The fourth-order valence-corrected chi connectivity index (χ4v) is 3.47. The van der Waals surface area contributed by atoms with Gasteiger partial charge in [0, 0.05) is 45.8 Å². The Morgan fingerprint density at radius 1 is 1.00 bits per heavy atom. The molecular formula is C23H31N5O. The maximum Gasteiger partial charge on any atom is 0.314 e. The number of fused-ring (bicyclic) bond motifs is 1. The van der Waals surface area contributed by atoms with E-state index in [0.717, 1.165) is 36.2 Å². The summed E-state index contributed by atoms with van der Waals surface area (Å²) < 4.78 is 2.20. The van der Waals surface area contributed by atoms with Crippen molar-refractivity contribution in [2.45, 2.75) is 32.7 Å². The molecule has 154 valence electrons. The largest absolute Gasteiger partial charge is 0.378 e. The lowest BCUT2D eigenvalue weighted by Crippen LogP contribution is -2.37. The van der Waals surface area contributed by atoms with Crippen LogP contribution >= 0.6 is 0 Å². The van der Waals surface area contributed by atoms with Crippen LogP contribution in [0.15, 0.2) is 48.5 Å². The van der Waals surface area contributed by atoms with Gasteiger partial charge >= 0.3 is 6.03 Å². The summed E-state index contributed by atoms with van der Waals surface area (Å²) in [5.74, 6) is 1.01. The molecular weight excluding hydrogens is 362 g/mol. The van der Waals surface area contributed by atoms with Gasteiger partial charge in [-0.05, 0) is 49.6 Å². The molecule has 0 fully saturated rings. The number of rotatable bonds is 9. The number of anilines is 1. The van der Waals surface area contributed by atoms with Crippen LogP contribution in [0.4, 0.5) is 10.5 Å². The van der Waals surface area contributed by atoms with Crippen LogP contribution in [0, 0.1) is 0 Å². The van der Waals surface area contributed by atoms with E-state index < -0.39 is 0 Å². The molecule has 3 rings (SSSR count). The number of hydrogen-bond donors (Lipinski definition) is 2. The van der Waals surface area contributed by atoms with Crippen molar-refractivity contribution in [1.82, 2.24) is 20.2 Å². The van der Waals surface area contributed by atoms with Crippen molar-refractivity contribution in [1.29, 1.82) is 0 Å². The molecule has 0 unspecified atom stereocenters. The molecule has 0 spiro atoms. The SMILES string of the molecule is CCn1c(CCNC(=O)NCCCc2ccc(N(C)C)cc2)nc2ccccc21. The van der Waals surface area contributed by atoms with Gasteiger partial charge in [0.05, 0.1) is 11.0 Å². The monoisotopic (exact) mass is 393 g/mol. The van der Waals surface area contributed by atoms with Gasteiger partial charge in [0.1, 0.15) is 5.82 Å². The van der Waals surface area contributed by atoms with Crippen LogP contribution in [0.2, 0.25) is 0 Å². The van der Waals surface area contributed by atoms with Gasteiger partial charge in [-0.1, -0.05) is 24.3 Å². The van der Waals surface area contributed by atoms with Gasteiger partial charge in [-0.25, -0.2) is 9.78 Å². The highest BCUT2D eigenvalue weighted by Gasteiger charge is 2.09. The highest BCUT2D eigenvalue weighted by Crippen LogP contribution is 2.16. The number of amides is 2. The van der Waals surface area contributed by atoms with Gasteiger partial charge in [0.15, 0.2) is 0 Å². The van der Waals surface area contributed by atoms with E-state index in [1.807, 2.05) is 32.3 Å². The smallest absolute Gasteiger partial charge is 0.314 e. The third kappa shape index (κ3) is 5.50. The summed E-state index contributed by atoms with van der Waals surface area (Å²) >= 11 is 0. The fourth-order valence-electron chi connectivity index (χ4n) is 3.47. The quantitative estimate of drug-likeness (QED) is 0.546. The number of carbonyl (C=O) groups excluding carboxylic acids is 1. The van der Waals surface area contributed by atoms with E-state index in [4.69, 9.17) is 4.98 Å². The number of carbonyl (C=O) groups is 1. The number of para-hydroxylation sites is 2. The van der Waals surface area contributed by atoms with Crippen LogP contribution in [0.5, 0.6) is 0 Å². The number of aromatic nitrogens is 2. The van der Waals surface area contributed by atoms with Crippen LogP contribution in [0.25, 0.3) is 11.0 Å². The Bertz CT molecular complexity index is 930. The van der Waals surface area contributed by atoms with Crippen molar-refractivity contribution in [3.63, 3.8) is 0 Å². The number of nitrogens with one attached hydrogen (secondary N) is 2. The van der Waals surface area contributed by atoms with Gasteiger partial charge in [-0.3, -0.25) is 0 Å². The van der Waals surface area contributed by atoms with Gasteiger partial charge in [0.2, 0.25) is 0 Å². The van der Waals surface area contributed by atoms with Crippen molar-refractivity contribution < 1.29 is 4.79 Å². The van der Waals surface area contributed by atoms with Gasteiger partial charge < -0.3 is 20.1 Å². The number of benzene rings is 2. The van der Waals surface area contributed by atoms with Crippen LogP contribution in [0.1, 0.15) is 24.7 Å². The van der Waals surface area contributed by atoms with Crippen LogP contribution < -0.4 is 15.5 Å². The molecule has 0 aliphatic heterocycles. The third-order valence-corrected chi connectivity index (χ3v) is 5.06. The minimum absolute atomic E-state index is 0.118. The molecule has 0 bridgehead atoms. The molecule has 0 atom stereocenters. The standard InChI is InChI=1S/C23H31N5O/c1-4-28-21-10-6-5-9-20(21)26-22(28)15-17-25-23(29)24-16-7-8-18-11-13-19(14-12-18)27(2)3/h5-6,9-14H,4,7-8,15-17H2,1-3H3,(H2,24,25,29). The predicted molar refractivity (Wildman–Crippen MR) is 120 cm³/mol. The molecule has 2 N–H and O–H groups in total. The molecule has 0 radical (unpaired) electrons. The Hall–Kier alpha value is -3.02. The zero-order valence-electron chi connectivity index (χ0n) is 17.6. The Morgan fingerprint density at radius 2 is 1.72 bits per heavy atom. The van der Waals surface area contributed by atoms with E-state index in [9.17, 15) is 4.79 Å². The first kappa shape index (κ1) is 20.7. The number of nitrogens with zero attached hydrogens (tertiary/aromatic N) is 3. The van der Waals surface area contributed by atoms with Crippen molar-refractivity contribution in [2.24, 2.45) is 0 Å². The van der Waals surface area contributed by atoms with Gasteiger partial charge in [0.25, 0.3) is 0 Å². The lowest BCUT2D eigenvalue weighted by atomic mass is 10.1. The lowest BCUT2D eigenvalue weighted by Gasteiger charge is -2.12. The summed E-state index contributed by atoms with van der Waals surface area (Å²) in [5.41, 5.74) is 4.64. The molecule has 0 aliphatic rings. The van der Waals surface area contributed by atoms with E-state index >= 15 is 0 Å². The first-order valence-corrected chi connectivity index (χ1v) is 10.3. The molecule has 0 saturated carbocycles. The van der Waals surface area contributed by atoms with Crippen LogP contribution in [-0.2, 0) is 19.4 Å². The normalized spacial score (nSPS) is 10.9. The Balaban J connectivity index is 1.37. The van der Waals surface area contributed by atoms with E-state index in [0.29, 0.717) is 19.5 Å². The second-order valence-electron chi connectivity index (χ2n) is 7.36. The summed E-state index contributed by atoms with van der Waals surface area (Å²) in [4.78, 5) is 18.8. The topological polar surface area (TPSA) is 62.2 Å². The maximum absolute atomic E-state index is 12.0. The Kier molecular flexibility index (Phi) is 7.11. The van der Waals surface area contributed by atoms with Crippen LogP contribution in [0.3, 0.4) is 0 Å². The molecule has 3 aromatic rings. The average Bonchev–Trinajstić information content (AvgIpc) is 3.09. The highest BCUT2D eigenvalue weighted by atomic mass is 16.2. The number of urea groups is 1. The molecule has 0 aliphatic carbocycles. The minimum Gasteiger partial charge on any atom is -0.378 e. The maximum atomic E-state index is 12.0. The van der Waals surface area contributed by atoms with E-state index in [1.165, 1.54) is 11.3 Å². The number of hydrogen-bond acceptors (Lipinski definition) is 3. The molecule has 6 heteroatoms. The molecule has 29 heavy (non-hydrogen) atoms. The lowest BCUT2D eigenvalue weighted by molar-refractivity contribution is 0.241. The first-order chi connectivity index (χ1) is 14.1. The molecule has 2 amide bonds. The van der Waals surface area contributed by atoms with Crippen molar-refractivity contribution in [3.05, 3.63) is 59.9 Å². The predicted octanol–water partition coefficient (Wildman–Crippen LogP) is 3.60. The molecule has 2 aromatic carbocycles. The summed E-state index contributed by atoms with van der Waals surface area (Å²) in [6.45, 7) is 4.22. The van der Waals surface area contributed by atoms with Crippen molar-refractivity contribution in [2.75, 3.05) is 32.1 Å². The number of imidazole rings is 1. The van der Waals surface area contributed by atoms with Crippen molar-refractivity contribution >= 4 is 22.8 Å². The fraction of sp³-hybridized carbons (Fsp3) is 0.391. The first-order valence-electron chi connectivity index (χ1n) is 10.3. The van der Waals surface area contributed by atoms with Crippen LogP contribution in [-0.4, -0.2) is 42.8 Å². The number of aryl methyl sites for hydroxylation is 2. The zero-order chi connectivity index (χ0) is 20.6. The van der Waals surface area contributed by atoms with E-state index in [1.54, 1.807) is 0 Å². The highest BCUT2D eigenvalue weighted by molar-refractivity contribution is 5.76. The minimum atomic E-state index is -0.118. The summed E-state index contributed by atoms with van der Waals surface area (Å²) in [6.07, 6.45) is 2.59.